The Morgan fingerprint density at radius 2 is 2.07 bits per heavy atom. The molecule has 1 aliphatic rings. The molecule has 1 aromatic carbocycles. The number of thiazole rings is 2. The zero-order valence-electron chi connectivity index (χ0n) is 15.0. The number of carbonyl (C=O) groups is 1. The fourth-order valence-electron chi connectivity index (χ4n) is 2.77. The number of hydrogen-bond donors (Lipinski definition) is 2. The average molecular weight is 409 g/mol. The molecule has 0 atom stereocenters. The molecule has 3 heterocycles. The van der Waals surface area contributed by atoms with Gasteiger partial charge in [-0.2, -0.15) is 5.26 Å². The molecular weight excluding hydrogens is 392 g/mol. The molecule has 0 bridgehead atoms. The van der Waals surface area contributed by atoms with Crippen LogP contribution in [0.15, 0.2) is 34.0 Å². The van der Waals surface area contributed by atoms with Crippen LogP contribution < -0.4 is 10.6 Å². The number of Topliss-reactive ketones (excluding diaryl/α,β-unsaturated/α-hetero) is 1. The number of nitrogens with zero attached hydrogens (tertiary/aromatic N) is 4. The number of nitrogens with one attached hydrogen (secondary N) is 2. The molecule has 0 spiro atoms. The molecule has 0 saturated heterocycles. The molecule has 140 valence electrons. The first-order valence-electron chi connectivity index (χ1n) is 8.66. The van der Waals surface area contributed by atoms with E-state index in [9.17, 15) is 4.79 Å². The minimum atomic E-state index is -0.0928. The number of hydrogen-bond acceptors (Lipinski definition) is 9. The van der Waals surface area contributed by atoms with Gasteiger partial charge in [0.15, 0.2) is 16.9 Å². The van der Waals surface area contributed by atoms with Gasteiger partial charge >= 0.3 is 0 Å². The summed E-state index contributed by atoms with van der Waals surface area (Å²) in [4.78, 5) is 25.6. The second-order valence-electron chi connectivity index (χ2n) is 6.14. The van der Waals surface area contributed by atoms with Gasteiger partial charge in [0.25, 0.3) is 0 Å². The number of ketones is 1. The minimum absolute atomic E-state index is 0.0928. The van der Waals surface area contributed by atoms with E-state index in [4.69, 9.17) is 5.26 Å². The first kappa shape index (κ1) is 18.3. The summed E-state index contributed by atoms with van der Waals surface area (Å²) in [5.74, 6) is 0.652. The Balaban J connectivity index is 1.60. The normalized spacial score (nSPS) is 13.4. The Morgan fingerprint density at radius 1 is 1.25 bits per heavy atom. The van der Waals surface area contributed by atoms with Crippen molar-refractivity contribution >= 4 is 39.5 Å². The lowest BCUT2D eigenvalue weighted by atomic mass is 10.0. The van der Waals surface area contributed by atoms with Gasteiger partial charge in [0.05, 0.1) is 11.6 Å². The maximum absolute atomic E-state index is 12.0. The molecule has 0 aliphatic carbocycles. The van der Waals surface area contributed by atoms with E-state index in [-0.39, 0.29) is 5.78 Å². The lowest BCUT2D eigenvalue weighted by Gasteiger charge is -2.13. The lowest BCUT2D eigenvalue weighted by Crippen LogP contribution is -2.35. The van der Waals surface area contributed by atoms with Crippen molar-refractivity contribution in [2.75, 3.05) is 18.4 Å². The number of carbonyl (C=O) groups excluding carboxylic acids is 1. The topological polar surface area (TPSA) is 103 Å². The van der Waals surface area contributed by atoms with Gasteiger partial charge < -0.3 is 10.6 Å². The predicted molar refractivity (Wildman–Crippen MR) is 112 cm³/mol. The van der Waals surface area contributed by atoms with Crippen molar-refractivity contribution in [3.8, 4) is 28.0 Å². The molecular formula is C19H16N6OS2. The van der Waals surface area contributed by atoms with E-state index in [1.807, 2.05) is 10.8 Å². The van der Waals surface area contributed by atoms with Crippen molar-refractivity contribution in [1.29, 1.82) is 5.26 Å². The van der Waals surface area contributed by atoms with Crippen molar-refractivity contribution in [1.82, 2.24) is 15.3 Å². The molecule has 2 N–H and O–H groups in total. The third-order valence-electron chi connectivity index (χ3n) is 4.15. The van der Waals surface area contributed by atoms with Crippen molar-refractivity contribution in [2.24, 2.45) is 4.99 Å². The Bertz CT molecular complexity index is 1110. The van der Waals surface area contributed by atoms with Gasteiger partial charge in [0.2, 0.25) is 0 Å². The Morgan fingerprint density at radius 3 is 2.82 bits per heavy atom. The minimum Gasteiger partial charge on any atom is -0.356 e. The Hall–Kier alpha value is -3.09. The highest BCUT2D eigenvalue weighted by molar-refractivity contribution is 7.14. The molecule has 1 aliphatic heterocycles. The number of nitriles is 1. The monoisotopic (exact) mass is 408 g/mol. The summed E-state index contributed by atoms with van der Waals surface area (Å²) in [6, 6.07) is 7.16. The van der Waals surface area contributed by atoms with Gasteiger partial charge in [-0.1, -0.05) is 0 Å². The van der Waals surface area contributed by atoms with E-state index < -0.39 is 0 Å². The number of aromatic nitrogens is 2. The number of guanidine groups is 1. The Labute approximate surface area is 169 Å². The molecule has 7 nitrogen and oxygen atoms in total. The maximum Gasteiger partial charge on any atom is 0.197 e. The summed E-state index contributed by atoms with van der Waals surface area (Å²) in [5.41, 5.74) is 3.21. The lowest BCUT2D eigenvalue weighted by molar-refractivity contribution is 0.101. The number of benzene rings is 1. The van der Waals surface area contributed by atoms with Crippen LogP contribution >= 0.6 is 22.7 Å². The summed E-state index contributed by atoms with van der Waals surface area (Å²) in [6.45, 7) is 3.21. The number of anilines is 1. The van der Waals surface area contributed by atoms with Crippen LogP contribution in [0.5, 0.6) is 0 Å². The van der Waals surface area contributed by atoms with Crippen LogP contribution in [-0.2, 0) is 0 Å². The fraction of sp³-hybridized carbons (Fsp3) is 0.211. The smallest absolute Gasteiger partial charge is 0.197 e. The van der Waals surface area contributed by atoms with Gasteiger partial charge in [-0.05, 0) is 31.5 Å². The predicted octanol–water partition coefficient (Wildman–Crippen LogP) is 3.77. The van der Waals surface area contributed by atoms with E-state index in [1.54, 1.807) is 18.2 Å². The first-order valence-corrected chi connectivity index (χ1v) is 10.4. The van der Waals surface area contributed by atoms with Crippen LogP contribution in [0.2, 0.25) is 0 Å². The summed E-state index contributed by atoms with van der Waals surface area (Å²) in [5, 5.41) is 20.8. The van der Waals surface area contributed by atoms with Gasteiger partial charge in [0, 0.05) is 35.0 Å². The van der Waals surface area contributed by atoms with Crippen LogP contribution in [0.1, 0.15) is 29.3 Å². The fourth-order valence-corrected chi connectivity index (χ4v) is 4.33. The van der Waals surface area contributed by atoms with Gasteiger partial charge in [-0.25, -0.2) is 9.97 Å². The van der Waals surface area contributed by atoms with E-state index in [2.05, 4.69) is 31.7 Å². The van der Waals surface area contributed by atoms with Gasteiger partial charge in [-0.15, -0.1) is 22.7 Å². The molecule has 4 rings (SSSR count). The molecule has 0 amide bonds. The second-order valence-corrected chi connectivity index (χ2v) is 7.86. The zero-order valence-corrected chi connectivity index (χ0v) is 16.7. The highest BCUT2D eigenvalue weighted by Crippen LogP contribution is 2.33. The van der Waals surface area contributed by atoms with E-state index >= 15 is 0 Å². The van der Waals surface area contributed by atoms with Crippen LogP contribution in [0.4, 0.5) is 5.13 Å². The first-order chi connectivity index (χ1) is 13.6. The summed E-state index contributed by atoms with van der Waals surface area (Å²) in [6.07, 6.45) is 1.04. The van der Waals surface area contributed by atoms with Gasteiger partial charge in [-0.3, -0.25) is 9.79 Å². The van der Waals surface area contributed by atoms with E-state index in [0.717, 1.165) is 52.6 Å². The summed E-state index contributed by atoms with van der Waals surface area (Å²) < 4.78 is 0. The van der Waals surface area contributed by atoms with Crippen LogP contribution in [-0.4, -0.2) is 34.8 Å². The molecule has 0 fully saturated rings. The maximum atomic E-state index is 12.0. The molecule has 2 aromatic heterocycles. The number of aliphatic imine (C=N–C) groups is 1. The molecule has 3 aromatic rings. The third-order valence-corrected chi connectivity index (χ3v) is 5.79. The Kier molecular flexibility index (Phi) is 5.14. The SMILES string of the molecule is CC(=O)c1cc(C#N)ccc1-c1nc(-c2csc(NC3=NCCCN3)n2)cs1. The highest BCUT2D eigenvalue weighted by Gasteiger charge is 2.16. The molecule has 0 unspecified atom stereocenters. The largest absolute Gasteiger partial charge is 0.356 e. The molecule has 0 radical (unpaired) electrons. The second kappa shape index (κ2) is 7.88. The summed E-state index contributed by atoms with van der Waals surface area (Å²) >= 11 is 2.94. The average Bonchev–Trinajstić information content (AvgIpc) is 3.38. The van der Waals surface area contributed by atoms with E-state index in [0.29, 0.717) is 11.1 Å². The van der Waals surface area contributed by atoms with Crippen LogP contribution in [0.25, 0.3) is 22.0 Å². The quantitative estimate of drug-likeness (QED) is 0.637. The van der Waals surface area contributed by atoms with Crippen LogP contribution in [0, 0.1) is 11.3 Å². The number of rotatable bonds is 4. The van der Waals surface area contributed by atoms with Crippen molar-refractivity contribution < 1.29 is 4.79 Å². The zero-order chi connectivity index (χ0) is 19.5. The van der Waals surface area contributed by atoms with Crippen molar-refractivity contribution in [3.05, 3.63) is 40.1 Å². The molecule has 0 saturated carbocycles. The van der Waals surface area contributed by atoms with Crippen molar-refractivity contribution in [2.45, 2.75) is 13.3 Å². The highest BCUT2D eigenvalue weighted by atomic mass is 32.1. The standard InChI is InChI=1S/C19H16N6OS2/c1-11(26)14-7-12(8-20)3-4-13(14)17-23-15(9-27-17)16-10-28-19(24-16)25-18-21-5-2-6-22-18/h3-4,7,9-10H,2,5-6H2,1H3,(H2,21,22,24,25). The van der Waals surface area contributed by atoms with Crippen molar-refractivity contribution in [3.63, 3.8) is 0 Å². The van der Waals surface area contributed by atoms with E-state index in [1.165, 1.54) is 29.6 Å². The summed E-state index contributed by atoms with van der Waals surface area (Å²) in [7, 11) is 0. The van der Waals surface area contributed by atoms with Crippen LogP contribution in [0.3, 0.4) is 0 Å². The molecule has 28 heavy (non-hydrogen) atoms. The van der Waals surface area contributed by atoms with Gasteiger partial charge in [0.1, 0.15) is 16.4 Å². The molecule has 9 heteroatoms. The third kappa shape index (κ3) is 3.78.